The third-order valence-corrected chi connectivity index (χ3v) is 1.87. The number of rotatable bonds is 6. The van der Waals surface area contributed by atoms with Gasteiger partial charge < -0.3 is 9.84 Å². The minimum atomic E-state index is -0.350. The van der Waals surface area contributed by atoms with Crippen LogP contribution < -0.4 is 0 Å². The molecule has 0 spiro atoms. The van der Waals surface area contributed by atoms with Gasteiger partial charge in [-0.1, -0.05) is 18.9 Å². The lowest BCUT2D eigenvalue weighted by molar-refractivity contribution is -0.0150. The van der Waals surface area contributed by atoms with Crippen molar-refractivity contribution in [2.24, 2.45) is 0 Å². The van der Waals surface area contributed by atoms with Gasteiger partial charge in [0, 0.05) is 7.11 Å². The summed E-state index contributed by atoms with van der Waals surface area (Å²) in [6, 6.07) is 0. The summed E-state index contributed by atoms with van der Waals surface area (Å²) >= 11 is 0. The van der Waals surface area contributed by atoms with Gasteiger partial charge >= 0.3 is 0 Å². The quantitative estimate of drug-likeness (QED) is 0.622. The third kappa shape index (κ3) is 4.52. The van der Waals surface area contributed by atoms with Crippen molar-refractivity contribution in [3.05, 3.63) is 12.2 Å². The van der Waals surface area contributed by atoms with Gasteiger partial charge in [0.05, 0.1) is 12.2 Å². The van der Waals surface area contributed by atoms with Crippen molar-refractivity contribution >= 4 is 0 Å². The molecule has 0 bridgehead atoms. The molecule has 0 amide bonds. The van der Waals surface area contributed by atoms with E-state index in [0.29, 0.717) is 0 Å². The van der Waals surface area contributed by atoms with E-state index in [2.05, 4.69) is 13.5 Å². The fraction of sp³-hybridized carbons (Fsp3) is 0.800. The van der Waals surface area contributed by atoms with E-state index in [1.807, 2.05) is 6.92 Å². The average molecular weight is 172 g/mol. The van der Waals surface area contributed by atoms with Crippen LogP contribution in [-0.2, 0) is 4.74 Å². The van der Waals surface area contributed by atoms with Gasteiger partial charge in [0.25, 0.3) is 0 Å². The number of aliphatic hydroxyl groups is 1. The Hall–Kier alpha value is -0.340. The zero-order chi connectivity index (χ0) is 9.56. The first-order chi connectivity index (χ1) is 5.61. The molecule has 0 radical (unpaired) electrons. The Bertz CT molecular complexity index is 132. The molecule has 0 aromatic carbocycles. The number of ether oxygens (including phenoxy) is 1. The largest absolute Gasteiger partial charge is 0.390 e. The lowest BCUT2D eigenvalue weighted by Crippen LogP contribution is -2.27. The highest BCUT2D eigenvalue weighted by atomic mass is 16.5. The zero-order valence-corrected chi connectivity index (χ0v) is 8.34. The Kier molecular flexibility index (Phi) is 6.03. The molecule has 72 valence electrons. The van der Waals surface area contributed by atoms with Crippen LogP contribution in [0.15, 0.2) is 12.2 Å². The molecule has 0 aliphatic rings. The topological polar surface area (TPSA) is 29.5 Å². The minimum Gasteiger partial charge on any atom is -0.390 e. The van der Waals surface area contributed by atoms with E-state index in [9.17, 15) is 5.11 Å². The normalized spacial score (nSPS) is 15.7. The van der Waals surface area contributed by atoms with Crippen molar-refractivity contribution in [1.29, 1.82) is 0 Å². The molecule has 0 saturated carbocycles. The Morgan fingerprint density at radius 2 is 2.17 bits per heavy atom. The molecule has 0 fully saturated rings. The van der Waals surface area contributed by atoms with Crippen molar-refractivity contribution in [3.8, 4) is 0 Å². The minimum absolute atomic E-state index is 0.0811. The van der Waals surface area contributed by atoms with Gasteiger partial charge in [-0.3, -0.25) is 0 Å². The Morgan fingerprint density at radius 1 is 1.58 bits per heavy atom. The van der Waals surface area contributed by atoms with Gasteiger partial charge in [-0.15, -0.1) is 6.58 Å². The summed E-state index contributed by atoms with van der Waals surface area (Å²) in [5.41, 5.74) is 1.05. The van der Waals surface area contributed by atoms with E-state index in [-0.39, 0.29) is 12.2 Å². The third-order valence-electron chi connectivity index (χ3n) is 1.87. The summed E-state index contributed by atoms with van der Waals surface area (Å²) in [4.78, 5) is 0. The van der Waals surface area contributed by atoms with E-state index in [0.717, 1.165) is 24.8 Å². The molecule has 1 N–H and O–H groups in total. The molecular weight excluding hydrogens is 152 g/mol. The van der Waals surface area contributed by atoms with Crippen LogP contribution in [0.3, 0.4) is 0 Å². The van der Waals surface area contributed by atoms with Crippen molar-refractivity contribution in [2.75, 3.05) is 7.11 Å². The average Bonchev–Trinajstić information content (AvgIpc) is 2.00. The monoisotopic (exact) mass is 172 g/mol. The van der Waals surface area contributed by atoms with Crippen molar-refractivity contribution in [1.82, 2.24) is 0 Å². The summed E-state index contributed by atoms with van der Waals surface area (Å²) in [6.07, 6.45) is 2.10. The summed E-state index contributed by atoms with van der Waals surface area (Å²) in [5.74, 6) is 0. The van der Waals surface area contributed by atoms with Crippen LogP contribution in [0.5, 0.6) is 0 Å². The molecule has 12 heavy (non-hydrogen) atoms. The van der Waals surface area contributed by atoms with Crippen LogP contribution in [-0.4, -0.2) is 24.4 Å². The highest BCUT2D eigenvalue weighted by molar-refractivity contribution is 4.92. The van der Waals surface area contributed by atoms with Crippen molar-refractivity contribution in [3.63, 3.8) is 0 Å². The molecule has 0 aromatic rings. The van der Waals surface area contributed by atoms with Gasteiger partial charge in [-0.25, -0.2) is 0 Å². The van der Waals surface area contributed by atoms with Crippen LogP contribution >= 0.6 is 0 Å². The maximum Gasteiger partial charge on any atom is 0.0866 e. The van der Waals surface area contributed by atoms with Crippen molar-refractivity contribution in [2.45, 2.75) is 45.3 Å². The first kappa shape index (κ1) is 11.7. The number of methoxy groups -OCH3 is 1. The molecule has 2 nitrogen and oxygen atoms in total. The van der Waals surface area contributed by atoms with E-state index in [1.165, 1.54) is 0 Å². The molecule has 0 aromatic heterocycles. The molecular formula is C10H20O2. The summed E-state index contributed by atoms with van der Waals surface area (Å²) < 4.78 is 5.16. The van der Waals surface area contributed by atoms with Crippen LogP contribution in [0, 0.1) is 0 Å². The van der Waals surface area contributed by atoms with Gasteiger partial charge in [0.15, 0.2) is 0 Å². The molecule has 0 aliphatic heterocycles. The maximum absolute atomic E-state index is 9.59. The smallest absolute Gasteiger partial charge is 0.0866 e. The zero-order valence-electron chi connectivity index (χ0n) is 8.34. The predicted molar refractivity (Wildman–Crippen MR) is 51.1 cm³/mol. The SMILES string of the molecule is C=C(C)CC(OC)C(O)CCC. The molecule has 0 heterocycles. The van der Waals surface area contributed by atoms with Crippen LogP contribution in [0.1, 0.15) is 33.1 Å². The highest BCUT2D eigenvalue weighted by Crippen LogP contribution is 2.13. The molecule has 2 atom stereocenters. The van der Waals surface area contributed by atoms with Gasteiger partial charge in [-0.2, -0.15) is 0 Å². The number of aliphatic hydroxyl groups excluding tert-OH is 1. The predicted octanol–water partition coefficient (Wildman–Crippen LogP) is 2.13. The summed E-state index contributed by atoms with van der Waals surface area (Å²) in [5, 5.41) is 9.59. The maximum atomic E-state index is 9.59. The lowest BCUT2D eigenvalue weighted by Gasteiger charge is -2.21. The summed E-state index contributed by atoms with van der Waals surface area (Å²) in [7, 11) is 1.63. The van der Waals surface area contributed by atoms with Gasteiger partial charge in [-0.05, 0) is 19.8 Å². The summed E-state index contributed by atoms with van der Waals surface area (Å²) in [6.45, 7) is 7.80. The number of hydrogen-bond acceptors (Lipinski definition) is 2. The highest BCUT2D eigenvalue weighted by Gasteiger charge is 2.17. The standard InChI is InChI=1S/C10H20O2/c1-5-6-9(11)10(12-4)7-8(2)3/h9-11H,2,5-7H2,1,3-4H3. The van der Waals surface area contributed by atoms with Gasteiger partial charge in [0.1, 0.15) is 0 Å². The van der Waals surface area contributed by atoms with Crippen LogP contribution in [0.2, 0.25) is 0 Å². The van der Waals surface area contributed by atoms with E-state index in [4.69, 9.17) is 4.74 Å². The molecule has 0 saturated heterocycles. The van der Waals surface area contributed by atoms with E-state index in [1.54, 1.807) is 7.11 Å². The van der Waals surface area contributed by atoms with E-state index < -0.39 is 0 Å². The first-order valence-corrected chi connectivity index (χ1v) is 4.47. The van der Waals surface area contributed by atoms with Crippen molar-refractivity contribution < 1.29 is 9.84 Å². The fourth-order valence-electron chi connectivity index (χ4n) is 1.20. The second kappa shape index (κ2) is 6.21. The second-order valence-electron chi connectivity index (χ2n) is 3.29. The Balaban J connectivity index is 3.86. The molecule has 2 heteroatoms. The first-order valence-electron chi connectivity index (χ1n) is 4.47. The molecule has 0 aliphatic carbocycles. The van der Waals surface area contributed by atoms with Crippen LogP contribution in [0.25, 0.3) is 0 Å². The van der Waals surface area contributed by atoms with E-state index >= 15 is 0 Å². The second-order valence-corrected chi connectivity index (χ2v) is 3.29. The molecule has 2 unspecified atom stereocenters. The fourth-order valence-corrected chi connectivity index (χ4v) is 1.20. The van der Waals surface area contributed by atoms with Gasteiger partial charge in [0.2, 0.25) is 0 Å². The Labute approximate surface area is 75.2 Å². The van der Waals surface area contributed by atoms with Crippen LogP contribution in [0.4, 0.5) is 0 Å². The lowest BCUT2D eigenvalue weighted by atomic mass is 10.0. The molecule has 0 rings (SSSR count). The Morgan fingerprint density at radius 3 is 2.50 bits per heavy atom. The number of hydrogen-bond donors (Lipinski definition) is 1.